The van der Waals surface area contributed by atoms with Gasteiger partial charge < -0.3 is 9.47 Å². The molecule has 0 saturated heterocycles. The summed E-state index contributed by atoms with van der Waals surface area (Å²) in [7, 11) is 0. The molecule has 0 N–H and O–H groups in total. The van der Waals surface area contributed by atoms with Crippen molar-refractivity contribution in [3.63, 3.8) is 0 Å². The first-order valence-electron chi connectivity index (χ1n) is 8.57. The molecule has 3 rings (SSSR count). The van der Waals surface area contributed by atoms with Crippen molar-refractivity contribution in [1.29, 1.82) is 0 Å². The molecule has 0 amide bonds. The van der Waals surface area contributed by atoms with Crippen molar-refractivity contribution in [3.05, 3.63) is 60.6 Å². The van der Waals surface area contributed by atoms with Gasteiger partial charge in [-0.1, -0.05) is 66.9 Å². The van der Waals surface area contributed by atoms with Gasteiger partial charge >= 0.3 is 5.97 Å². The first-order chi connectivity index (χ1) is 13.6. The molecule has 1 aliphatic rings. The average molecular weight is 585 g/mol. The molecule has 1 saturated carbocycles. The summed E-state index contributed by atoms with van der Waals surface area (Å²) in [5, 5.41) is 0.582. The summed E-state index contributed by atoms with van der Waals surface area (Å²) in [6.45, 7) is 4.23. The molecule has 9 heteroatoms. The first-order valence-corrected chi connectivity index (χ1v) is 11.3. The number of hydrogen-bond donors (Lipinski definition) is 0. The molecule has 1 aliphatic carbocycles. The minimum absolute atomic E-state index is 0.0990. The predicted octanol–water partition coefficient (Wildman–Crippen LogP) is 7.78. The summed E-state index contributed by atoms with van der Waals surface area (Å²) in [5.41, 5.74) is 0.643. The Hall–Kier alpha value is -0.790. The van der Waals surface area contributed by atoms with Crippen molar-refractivity contribution in [1.82, 2.24) is 4.98 Å². The van der Waals surface area contributed by atoms with Crippen LogP contribution >= 0.6 is 66.7 Å². The summed E-state index contributed by atoms with van der Waals surface area (Å²) in [5.74, 6) is 0.359. The normalized spacial score (nSPS) is 19.4. The number of carbonyl (C=O) groups is 1. The molecular weight excluding hydrogens is 568 g/mol. The lowest BCUT2D eigenvalue weighted by Gasteiger charge is -2.10. The summed E-state index contributed by atoms with van der Waals surface area (Å²) in [6.07, 6.45) is 1.98. The average Bonchev–Trinajstić information content (AvgIpc) is 3.17. The van der Waals surface area contributed by atoms with Crippen LogP contribution in [0.1, 0.15) is 19.4 Å². The maximum Gasteiger partial charge on any atom is 0.310 e. The van der Waals surface area contributed by atoms with E-state index < -0.39 is 0 Å². The third kappa shape index (κ3) is 5.47. The first kappa shape index (κ1) is 22.9. The monoisotopic (exact) mass is 581 g/mol. The fraction of sp³-hybridized carbons (Fsp3) is 0.300. The zero-order chi connectivity index (χ0) is 21.3. The Balaban J connectivity index is 1.64. The third-order valence-electron chi connectivity index (χ3n) is 4.82. The van der Waals surface area contributed by atoms with Crippen LogP contribution in [0, 0.1) is 17.3 Å². The van der Waals surface area contributed by atoms with Crippen LogP contribution in [-0.2, 0) is 16.1 Å². The smallest absolute Gasteiger partial charge is 0.310 e. The zero-order valence-corrected chi connectivity index (χ0v) is 20.8. The van der Waals surface area contributed by atoms with E-state index in [2.05, 4.69) is 36.8 Å². The van der Waals surface area contributed by atoms with Crippen molar-refractivity contribution in [2.75, 3.05) is 0 Å². The molecular formula is C20H16Br2Cl3NO3. The van der Waals surface area contributed by atoms with Crippen molar-refractivity contribution in [3.8, 4) is 11.6 Å². The van der Waals surface area contributed by atoms with Crippen LogP contribution in [0.4, 0.5) is 0 Å². The van der Waals surface area contributed by atoms with Gasteiger partial charge in [0.25, 0.3) is 0 Å². The van der Waals surface area contributed by atoms with E-state index in [1.54, 1.807) is 18.2 Å². The highest BCUT2D eigenvalue weighted by Crippen LogP contribution is 2.60. The number of pyridine rings is 1. The Kier molecular flexibility index (Phi) is 7.22. The number of hydrogen-bond acceptors (Lipinski definition) is 4. The molecule has 1 aromatic heterocycles. The molecule has 1 aromatic carbocycles. The van der Waals surface area contributed by atoms with Crippen LogP contribution < -0.4 is 4.74 Å². The molecule has 4 nitrogen and oxygen atoms in total. The zero-order valence-electron chi connectivity index (χ0n) is 15.4. The van der Waals surface area contributed by atoms with E-state index in [1.807, 2.05) is 26.0 Å². The highest BCUT2D eigenvalue weighted by molar-refractivity contribution is 9.28. The topological polar surface area (TPSA) is 48.4 Å². The fourth-order valence-electron chi connectivity index (χ4n) is 3.13. The standard InChI is InChI=1S/C20H16Br2Cl3NO3/c1-20(2)12(7-15(21)22)16(20)19(27)28-9-10-4-3-5-11(6-10)29-18-14(24)8-13(23)17(25)26-18/h3-8,12,16H,9H2,1-2H3. The highest BCUT2D eigenvalue weighted by Gasteiger charge is 2.61. The fourth-order valence-corrected chi connectivity index (χ4v) is 4.23. The van der Waals surface area contributed by atoms with Gasteiger partial charge in [0, 0.05) is 0 Å². The summed E-state index contributed by atoms with van der Waals surface area (Å²) >= 11 is 24.6. The van der Waals surface area contributed by atoms with Crippen LogP contribution in [0.2, 0.25) is 15.2 Å². The molecule has 0 radical (unpaired) electrons. The van der Waals surface area contributed by atoms with Gasteiger partial charge in [0.15, 0.2) is 5.15 Å². The van der Waals surface area contributed by atoms with Gasteiger partial charge in [-0.15, -0.1) is 0 Å². The van der Waals surface area contributed by atoms with E-state index >= 15 is 0 Å². The molecule has 2 aromatic rings. The van der Waals surface area contributed by atoms with Crippen molar-refractivity contribution >= 4 is 72.6 Å². The molecule has 0 spiro atoms. The molecule has 2 atom stereocenters. The van der Waals surface area contributed by atoms with E-state index in [0.29, 0.717) is 5.75 Å². The van der Waals surface area contributed by atoms with Crippen LogP contribution in [-0.4, -0.2) is 11.0 Å². The predicted molar refractivity (Wildman–Crippen MR) is 122 cm³/mol. The van der Waals surface area contributed by atoms with Crippen molar-refractivity contribution in [2.24, 2.45) is 17.3 Å². The molecule has 0 bridgehead atoms. The van der Waals surface area contributed by atoms with Crippen LogP contribution in [0.25, 0.3) is 0 Å². The lowest BCUT2D eigenvalue weighted by Crippen LogP contribution is -2.10. The maximum absolute atomic E-state index is 12.5. The lowest BCUT2D eigenvalue weighted by molar-refractivity contribution is -0.147. The van der Waals surface area contributed by atoms with Crippen molar-refractivity contribution < 1.29 is 14.3 Å². The van der Waals surface area contributed by atoms with E-state index in [0.717, 1.165) is 8.96 Å². The molecule has 0 aliphatic heterocycles. The van der Waals surface area contributed by atoms with Gasteiger partial charge in [-0.3, -0.25) is 4.79 Å². The summed E-state index contributed by atoms with van der Waals surface area (Å²) in [6, 6.07) is 8.59. The molecule has 29 heavy (non-hydrogen) atoms. The van der Waals surface area contributed by atoms with E-state index in [-0.39, 0.29) is 50.9 Å². The van der Waals surface area contributed by atoms with Gasteiger partial charge in [0.2, 0.25) is 5.88 Å². The minimum Gasteiger partial charge on any atom is -0.461 e. The second kappa shape index (κ2) is 9.15. The van der Waals surface area contributed by atoms with Gasteiger partial charge in [0.05, 0.1) is 14.3 Å². The molecule has 1 fully saturated rings. The third-order valence-corrected chi connectivity index (χ3v) is 6.29. The van der Waals surface area contributed by atoms with E-state index in [1.165, 1.54) is 6.07 Å². The Labute approximate surface area is 200 Å². The summed E-state index contributed by atoms with van der Waals surface area (Å²) in [4.78, 5) is 16.5. The number of nitrogens with zero attached hydrogens (tertiary/aromatic N) is 1. The molecule has 2 unspecified atom stereocenters. The highest BCUT2D eigenvalue weighted by atomic mass is 79.9. The number of benzene rings is 1. The van der Waals surface area contributed by atoms with Gasteiger partial charge in [-0.05, 0) is 67.0 Å². The SMILES string of the molecule is CC1(C)C(C=C(Br)Br)C1C(=O)OCc1cccc(Oc2nc(Cl)c(Cl)cc2Cl)c1. The Morgan fingerprint density at radius 1 is 1.21 bits per heavy atom. The van der Waals surface area contributed by atoms with Crippen LogP contribution in [0.3, 0.4) is 0 Å². The number of carbonyl (C=O) groups excluding carboxylic acids is 1. The Morgan fingerprint density at radius 3 is 2.62 bits per heavy atom. The van der Waals surface area contributed by atoms with Gasteiger partial charge in [0.1, 0.15) is 17.4 Å². The van der Waals surface area contributed by atoms with Crippen LogP contribution in [0.15, 0.2) is 39.8 Å². The van der Waals surface area contributed by atoms with Crippen LogP contribution in [0.5, 0.6) is 11.6 Å². The van der Waals surface area contributed by atoms with Crippen molar-refractivity contribution in [2.45, 2.75) is 20.5 Å². The minimum atomic E-state index is -0.224. The molecule has 154 valence electrons. The van der Waals surface area contributed by atoms with E-state index in [9.17, 15) is 4.79 Å². The summed E-state index contributed by atoms with van der Waals surface area (Å²) < 4.78 is 12.1. The quantitative estimate of drug-likeness (QED) is 0.257. The Morgan fingerprint density at radius 2 is 1.93 bits per heavy atom. The van der Waals surface area contributed by atoms with E-state index in [4.69, 9.17) is 44.3 Å². The Bertz CT molecular complexity index is 977. The maximum atomic E-state index is 12.5. The lowest BCUT2D eigenvalue weighted by atomic mass is 10.1. The second-order valence-electron chi connectivity index (χ2n) is 7.19. The van der Waals surface area contributed by atoms with Gasteiger partial charge in [-0.2, -0.15) is 4.98 Å². The largest absolute Gasteiger partial charge is 0.461 e. The van der Waals surface area contributed by atoms with Gasteiger partial charge in [-0.25, -0.2) is 0 Å². The number of allylic oxidation sites excluding steroid dienone is 1. The second-order valence-corrected chi connectivity index (χ2v) is 11.1. The number of esters is 1. The number of ether oxygens (including phenoxy) is 2. The molecule has 1 heterocycles. The number of aromatic nitrogens is 1. The number of halogens is 5. The number of rotatable bonds is 6.